The molecule has 1 aliphatic rings. The zero-order valence-electron chi connectivity index (χ0n) is 21.4. The molecule has 2 aromatic heterocycles. The molecule has 0 bridgehead atoms. The number of carbonyl (C=O) groups is 1. The molecule has 1 fully saturated rings. The summed E-state index contributed by atoms with van der Waals surface area (Å²) in [7, 11) is 0. The topological polar surface area (TPSA) is 67.7 Å². The van der Waals surface area contributed by atoms with Gasteiger partial charge in [-0.25, -0.2) is 14.2 Å². The number of nitrogens with zero attached hydrogens (tertiary/aromatic N) is 4. The average molecular weight is 658 g/mol. The second-order valence-corrected chi connectivity index (χ2v) is 11.1. The van der Waals surface area contributed by atoms with E-state index in [9.17, 15) is 9.59 Å². The number of carbonyl (C=O) groups excluding carboxylic acids is 1. The van der Waals surface area contributed by atoms with Gasteiger partial charge < -0.3 is 14.2 Å². The van der Waals surface area contributed by atoms with Gasteiger partial charge in [0.15, 0.2) is 11.6 Å². The highest BCUT2D eigenvalue weighted by atomic mass is 79.9. The standard InChI is InChI=1S/C29H27Br2FN4O3/c1-2-35-17-22(29(38)39-18-20-8-4-6-10-24(20)31)26(37)21-15-25(32)28(33-27(21)35)36-13-11-34(12-14-36)16-19-7-3-5-9-23(19)30/h3-10,15,17H,2,11-14,16,18H2,1H3. The van der Waals surface area contributed by atoms with Crippen LogP contribution in [-0.2, 0) is 24.4 Å². The predicted octanol–water partition coefficient (Wildman–Crippen LogP) is 5.76. The molecule has 0 radical (unpaired) electrons. The molecular weight excluding hydrogens is 631 g/mol. The zero-order valence-corrected chi connectivity index (χ0v) is 24.5. The number of halogens is 3. The van der Waals surface area contributed by atoms with Gasteiger partial charge >= 0.3 is 5.97 Å². The van der Waals surface area contributed by atoms with Gasteiger partial charge in [0.25, 0.3) is 0 Å². The number of fused-ring (bicyclic) bond motifs is 1. The Balaban J connectivity index is 1.36. The fraction of sp³-hybridized carbons (Fsp3) is 0.276. The second kappa shape index (κ2) is 12.0. The van der Waals surface area contributed by atoms with Gasteiger partial charge in [-0.15, -0.1) is 0 Å². The van der Waals surface area contributed by atoms with E-state index in [4.69, 9.17) is 4.74 Å². The number of aryl methyl sites for hydroxylation is 1. The summed E-state index contributed by atoms with van der Waals surface area (Å²) in [5.41, 5.74) is 1.58. The van der Waals surface area contributed by atoms with Gasteiger partial charge in [0.05, 0.1) is 5.39 Å². The number of piperazine rings is 1. The number of aromatic nitrogens is 2. The Morgan fingerprint density at radius 1 is 1.00 bits per heavy atom. The molecule has 7 nitrogen and oxygen atoms in total. The first-order valence-corrected chi connectivity index (χ1v) is 14.3. The maximum Gasteiger partial charge on any atom is 0.344 e. The largest absolute Gasteiger partial charge is 0.457 e. The summed E-state index contributed by atoms with van der Waals surface area (Å²) >= 11 is 7.03. The summed E-state index contributed by atoms with van der Waals surface area (Å²) in [5, 5.41) is 0.0565. The lowest BCUT2D eigenvalue weighted by molar-refractivity contribution is 0.0469. The van der Waals surface area contributed by atoms with E-state index >= 15 is 4.39 Å². The quantitative estimate of drug-likeness (QED) is 0.236. The monoisotopic (exact) mass is 656 g/mol. The Hall–Kier alpha value is -3.08. The highest BCUT2D eigenvalue weighted by Gasteiger charge is 2.24. The number of esters is 1. The zero-order chi connectivity index (χ0) is 27.5. The number of anilines is 1. The summed E-state index contributed by atoms with van der Waals surface area (Å²) < 4.78 is 24.4. The van der Waals surface area contributed by atoms with E-state index < -0.39 is 17.2 Å². The third kappa shape index (κ3) is 5.92. The molecule has 1 saturated heterocycles. The van der Waals surface area contributed by atoms with Crippen LogP contribution in [-0.4, -0.2) is 46.6 Å². The van der Waals surface area contributed by atoms with E-state index in [0.717, 1.165) is 34.1 Å². The van der Waals surface area contributed by atoms with E-state index in [2.05, 4.69) is 47.8 Å². The first kappa shape index (κ1) is 27.5. The molecule has 0 aliphatic carbocycles. The summed E-state index contributed by atoms with van der Waals surface area (Å²) in [6, 6.07) is 16.7. The van der Waals surface area contributed by atoms with Crippen LogP contribution >= 0.6 is 31.9 Å². The fourth-order valence-corrected chi connectivity index (χ4v) is 5.52. The maximum atomic E-state index is 15.4. The molecule has 2 aromatic carbocycles. The first-order chi connectivity index (χ1) is 18.9. The van der Waals surface area contributed by atoms with Crippen LogP contribution < -0.4 is 10.3 Å². The summed E-state index contributed by atoms with van der Waals surface area (Å²) in [5.74, 6) is -1.13. The van der Waals surface area contributed by atoms with E-state index in [-0.39, 0.29) is 23.4 Å². The number of pyridine rings is 2. The van der Waals surface area contributed by atoms with Gasteiger partial charge in [-0.3, -0.25) is 9.69 Å². The van der Waals surface area contributed by atoms with Crippen LogP contribution in [0.2, 0.25) is 0 Å². The molecule has 0 saturated carbocycles. The molecule has 202 valence electrons. The molecule has 10 heteroatoms. The summed E-state index contributed by atoms with van der Waals surface area (Å²) in [6.45, 7) is 5.85. The highest BCUT2D eigenvalue weighted by Crippen LogP contribution is 2.25. The minimum absolute atomic E-state index is 0.00259. The van der Waals surface area contributed by atoms with Crippen molar-refractivity contribution < 1.29 is 13.9 Å². The molecule has 0 spiro atoms. The smallest absolute Gasteiger partial charge is 0.344 e. The minimum Gasteiger partial charge on any atom is -0.457 e. The third-order valence-corrected chi connectivity index (χ3v) is 8.43. The van der Waals surface area contributed by atoms with Gasteiger partial charge in [-0.1, -0.05) is 68.3 Å². The molecule has 0 atom stereocenters. The van der Waals surface area contributed by atoms with Crippen LogP contribution in [0.4, 0.5) is 10.2 Å². The number of hydrogen-bond donors (Lipinski definition) is 0. The molecule has 0 amide bonds. The van der Waals surface area contributed by atoms with Crippen molar-refractivity contribution in [3.05, 3.63) is 102 Å². The van der Waals surface area contributed by atoms with Crippen molar-refractivity contribution >= 4 is 54.7 Å². The molecule has 0 unspecified atom stereocenters. The van der Waals surface area contributed by atoms with E-state index in [1.165, 1.54) is 17.8 Å². The highest BCUT2D eigenvalue weighted by molar-refractivity contribution is 9.10. The van der Waals surface area contributed by atoms with Crippen LogP contribution in [0.5, 0.6) is 0 Å². The predicted molar refractivity (Wildman–Crippen MR) is 157 cm³/mol. The van der Waals surface area contributed by atoms with Crippen molar-refractivity contribution in [1.29, 1.82) is 0 Å². The molecule has 4 aromatic rings. The van der Waals surface area contributed by atoms with Crippen molar-refractivity contribution in [3.63, 3.8) is 0 Å². The van der Waals surface area contributed by atoms with Gasteiger partial charge in [0.1, 0.15) is 17.8 Å². The lowest BCUT2D eigenvalue weighted by Crippen LogP contribution is -2.46. The van der Waals surface area contributed by atoms with Crippen LogP contribution in [0, 0.1) is 5.82 Å². The van der Waals surface area contributed by atoms with Crippen LogP contribution in [0.3, 0.4) is 0 Å². The van der Waals surface area contributed by atoms with E-state index in [1.54, 1.807) is 4.57 Å². The van der Waals surface area contributed by atoms with Crippen molar-refractivity contribution in [2.75, 3.05) is 31.1 Å². The first-order valence-electron chi connectivity index (χ1n) is 12.7. The Morgan fingerprint density at radius 3 is 2.28 bits per heavy atom. The second-order valence-electron chi connectivity index (χ2n) is 9.35. The number of rotatable bonds is 7. The van der Waals surface area contributed by atoms with E-state index in [1.807, 2.05) is 54.3 Å². The molecular formula is C29H27Br2FN4O3. The van der Waals surface area contributed by atoms with Gasteiger partial charge in [0.2, 0.25) is 5.43 Å². The maximum absolute atomic E-state index is 15.4. The lowest BCUT2D eigenvalue weighted by Gasteiger charge is -2.35. The van der Waals surface area contributed by atoms with Crippen molar-refractivity contribution in [3.8, 4) is 0 Å². The average Bonchev–Trinajstić information content (AvgIpc) is 2.94. The van der Waals surface area contributed by atoms with Crippen LogP contribution in [0.15, 0.2) is 74.5 Å². The van der Waals surface area contributed by atoms with Crippen molar-refractivity contribution in [2.24, 2.45) is 0 Å². The number of benzene rings is 2. The molecule has 39 heavy (non-hydrogen) atoms. The van der Waals surface area contributed by atoms with Gasteiger partial charge in [-0.05, 0) is 30.7 Å². The Kier molecular flexibility index (Phi) is 8.44. The molecule has 0 N–H and O–H groups in total. The Labute approximate surface area is 242 Å². The fourth-order valence-electron chi connectivity index (χ4n) is 4.71. The van der Waals surface area contributed by atoms with Crippen LogP contribution in [0.1, 0.15) is 28.4 Å². The van der Waals surface area contributed by atoms with Crippen LogP contribution in [0.25, 0.3) is 11.0 Å². The SMILES string of the molecule is CCn1cc(C(=O)OCc2ccccc2Br)c(=O)c2cc(F)c(N3CCN(Cc4ccccc4Br)CC3)nc21. The third-order valence-electron chi connectivity index (χ3n) is 6.88. The van der Waals surface area contributed by atoms with E-state index in [0.29, 0.717) is 25.3 Å². The molecule has 3 heterocycles. The normalized spacial score (nSPS) is 14.1. The molecule has 1 aliphatic heterocycles. The Morgan fingerprint density at radius 2 is 1.64 bits per heavy atom. The Bertz CT molecular complexity index is 1590. The lowest BCUT2D eigenvalue weighted by atomic mass is 10.1. The molecule has 5 rings (SSSR count). The van der Waals surface area contributed by atoms with Crippen molar-refractivity contribution in [1.82, 2.24) is 14.5 Å². The van der Waals surface area contributed by atoms with Gasteiger partial charge in [-0.2, -0.15) is 0 Å². The summed E-state index contributed by atoms with van der Waals surface area (Å²) in [6.07, 6.45) is 1.46. The summed E-state index contributed by atoms with van der Waals surface area (Å²) in [4.78, 5) is 34.9. The number of ether oxygens (including phenoxy) is 1. The van der Waals surface area contributed by atoms with Gasteiger partial charge in [0, 0.05) is 60.0 Å². The minimum atomic E-state index is -0.759. The van der Waals surface area contributed by atoms with Crippen molar-refractivity contribution in [2.45, 2.75) is 26.6 Å². The number of hydrogen-bond acceptors (Lipinski definition) is 6.